The van der Waals surface area contributed by atoms with Crippen molar-refractivity contribution in [1.82, 2.24) is 9.97 Å². The Morgan fingerprint density at radius 3 is 2.38 bits per heavy atom. The molecule has 0 spiro atoms. The Balaban J connectivity index is 1.89. The molecule has 0 saturated carbocycles. The Morgan fingerprint density at radius 2 is 1.81 bits per heavy atom. The van der Waals surface area contributed by atoms with Crippen LogP contribution in [0.5, 0.6) is 0 Å². The number of rotatable bonds is 1. The molecule has 1 aromatic heterocycles. The molecule has 4 heteroatoms. The lowest BCUT2D eigenvalue weighted by atomic mass is 9.86. The van der Waals surface area contributed by atoms with Crippen LogP contribution in [0.1, 0.15) is 32.6 Å². The van der Waals surface area contributed by atoms with Crippen molar-refractivity contribution in [2.24, 2.45) is 5.73 Å². The molecule has 2 N–H and O–H groups in total. The van der Waals surface area contributed by atoms with Crippen LogP contribution in [0.15, 0.2) is 18.5 Å². The van der Waals surface area contributed by atoms with Crippen molar-refractivity contribution in [3.63, 3.8) is 0 Å². The molecule has 4 nitrogen and oxygen atoms in total. The second-order valence-electron chi connectivity index (χ2n) is 5.40. The van der Waals surface area contributed by atoms with Crippen LogP contribution in [0, 0.1) is 0 Å². The summed E-state index contributed by atoms with van der Waals surface area (Å²) in [5.74, 6) is 0.880. The standard InChI is InChI=1S/C12H18N4/c1-12(13)7-9-3-4-10(8-12)16(9)11-14-5-2-6-15-11/h2,5-6,9-10H,3-4,7-8,13H2,1H3/t9-,10+,12?. The maximum atomic E-state index is 6.27. The first-order valence-corrected chi connectivity index (χ1v) is 6.00. The molecule has 2 bridgehead atoms. The molecule has 3 atom stereocenters. The summed E-state index contributed by atoms with van der Waals surface area (Å²) in [5, 5.41) is 0. The number of nitrogens with zero attached hydrogens (tertiary/aromatic N) is 3. The lowest BCUT2D eigenvalue weighted by Gasteiger charge is -2.42. The molecule has 3 rings (SSSR count). The fraction of sp³-hybridized carbons (Fsp3) is 0.667. The summed E-state index contributed by atoms with van der Waals surface area (Å²) < 4.78 is 0. The third-order valence-corrected chi connectivity index (χ3v) is 3.81. The molecule has 86 valence electrons. The first-order chi connectivity index (χ1) is 7.66. The van der Waals surface area contributed by atoms with Gasteiger partial charge in [0.25, 0.3) is 0 Å². The Labute approximate surface area is 95.9 Å². The van der Waals surface area contributed by atoms with Crippen LogP contribution in [0.2, 0.25) is 0 Å². The summed E-state index contributed by atoms with van der Waals surface area (Å²) in [6.45, 7) is 2.17. The summed E-state index contributed by atoms with van der Waals surface area (Å²) in [7, 11) is 0. The van der Waals surface area contributed by atoms with Gasteiger partial charge in [-0.25, -0.2) is 9.97 Å². The van der Waals surface area contributed by atoms with Crippen molar-refractivity contribution in [2.45, 2.75) is 50.2 Å². The summed E-state index contributed by atoms with van der Waals surface area (Å²) in [4.78, 5) is 11.1. The molecule has 0 aliphatic carbocycles. The van der Waals surface area contributed by atoms with Crippen LogP contribution in [-0.2, 0) is 0 Å². The van der Waals surface area contributed by atoms with E-state index in [4.69, 9.17) is 5.73 Å². The topological polar surface area (TPSA) is 55.0 Å². The molecular weight excluding hydrogens is 200 g/mol. The molecule has 0 aromatic carbocycles. The van der Waals surface area contributed by atoms with Crippen LogP contribution < -0.4 is 10.6 Å². The molecule has 0 radical (unpaired) electrons. The molecule has 0 amide bonds. The molecule has 2 aliphatic heterocycles. The van der Waals surface area contributed by atoms with Gasteiger partial charge in [0.05, 0.1) is 0 Å². The lowest BCUT2D eigenvalue weighted by Crippen LogP contribution is -2.54. The van der Waals surface area contributed by atoms with E-state index in [2.05, 4.69) is 21.8 Å². The van der Waals surface area contributed by atoms with Crippen molar-refractivity contribution < 1.29 is 0 Å². The van der Waals surface area contributed by atoms with E-state index in [1.165, 1.54) is 12.8 Å². The molecule has 1 aromatic rings. The van der Waals surface area contributed by atoms with Crippen LogP contribution >= 0.6 is 0 Å². The predicted molar refractivity (Wildman–Crippen MR) is 63.1 cm³/mol. The maximum Gasteiger partial charge on any atom is 0.225 e. The van der Waals surface area contributed by atoms with Crippen LogP contribution in [0.4, 0.5) is 5.95 Å². The van der Waals surface area contributed by atoms with Gasteiger partial charge in [-0.15, -0.1) is 0 Å². The largest absolute Gasteiger partial charge is 0.335 e. The SMILES string of the molecule is CC1(N)C[C@H]2CC[C@@H](C1)N2c1ncccn1. The zero-order chi connectivity index (χ0) is 11.2. The van der Waals surface area contributed by atoms with Gasteiger partial charge in [-0.05, 0) is 38.7 Å². The van der Waals surface area contributed by atoms with Gasteiger partial charge >= 0.3 is 0 Å². The summed E-state index contributed by atoms with van der Waals surface area (Å²) in [6, 6.07) is 2.94. The third kappa shape index (κ3) is 1.57. The zero-order valence-corrected chi connectivity index (χ0v) is 9.63. The molecule has 16 heavy (non-hydrogen) atoms. The highest BCUT2D eigenvalue weighted by molar-refractivity contribution is 5.37. The summed E-state index contributed by atoms with van der Waals surface area (Å²) >= 11 is 0. The minimum absolute atomic E-state index is 0.00286. The lowest BCUT2D eigenvalue weighted by molar-refractivity contribution is 0.304. The van der Waals surface area contributed by atoms with Gasteiger partial charge < -0.3 is 10.6 Å². The number of hydrogen-bond acceptors (Lipinski definition) is 4. The van der Waals surface area contributed by atoms with E-state index < -0.39 is 0 Å². The first kappa shape index (κ1) is 10.0. The molecule has 1 unspecified atom stereocenters. The van der Waals surface area contributed by atoms with Gasteiger partial charge in [0, 0.05) is 30.0 Å². The van der Waals surface area contributed by atoms with Gasteiger partial charge in [-0.2, -0.15) is 0 Å². The Kier molecular flexibility index (Phi) is 2.14. The van der Waals surface area contributed by atoms with E-state index in [1.54, 1.807) is 0 Å². The highest BCUT2D eigenvalue weighted by Crippen LogP contribution is 2.40. The van der Waals surface area contributed by atoms with Crippen molar-refractivity contribution >= 4 is 5.95 Å². The van der Waals surface area contributed by atoms with E-state index in [0.717, 1.165) is 18.8 Å². The molecule has 2 fully saturated rings. The minimum Gasteiger partial charge on any atom is -0.335 e. The smallest absolute Gasteiger partial charge is 0.225 e. The Bertz CT molecular complexity index is 360. The number of anilines is 1. The van der Waals surface area contributed by atoms with E-state index in [-0.39, 0.29) is 5.54 Å². The number of aromatic nitrogens is 2. The Morgan fingerprint density at radius 1 is 1.25 bits per heavy atom. The fourth-order valence-electron chi connectivity index (χ4n) is 3.27. The minimum atomic E-state index is -0.00286. The number of hydrogen-bond donors (Lipinski definition) is 1. The number of piperidine rings is 1. The average Bonchev–Trinajstić information content (AvgIpc) is 2.53. The highest BCUT2D eigenvalue weighted by Gasteiger charge is 2.45. The van der Waals surface area contributed by atoms with Gasteiger partial charge in [0.2, 0.25) is 5.95 Å². The van der Waals surface area contributed by atoms with E-state index in [1.807, 2.05) is 18.5 Å². The first-order valence-electron chi connectivity index (χ1n) is 6.00. The van der Waals surface area contributed by atoms with E-state index in [0.29, 0.717) is 12.1 Å². The van der Waals surface area contributed by atoms with Crippen molar-refractivity contribution in [1.29, 1.82) is 0 Å². The summed E-state index contributed by atoms with van der Waals surface area (Å²) in [6.07, 6.45) is 8.21. The van der Waals surface area contributed by atoms with Crippen molar-refractivity contribution in [2.75, 3.05) is 4.90 Å². The quantitative estimate of drug-likeness (QED) is 0.772. The second kappa shape index (κ2) is 3.42. The molecule has 3 heterocycles. The summed E-state index contributed by atoms with van der Waals surface area (Å²) in [5.41, 5.74) is 6.27. The Hall–Kier alpha value is -1.16. The number of fused-ring (bicyclic) bond motifs is 2. The normalized spacial score (nSPS) is 37.8. The van der Waals surface area contributed by atoms with Gasteiger partial charge in [0.1, 0.15) is 0 Å². The van der Waals surface area contributed by atoms with Crippen molar-refractivity contribution in [3.8, 4) is 0 Å². The molecular formula is C12H18N4. The maximum absolute atomic E-state index is 6.27. The average molecular weight is 218 g/mol. The van der Waals surface area contributed by atoms with E-state index >= 15 is 0 Å². The second-order valence-corrected chi connectivity index (χ2v) is 5.40. The molecule has 2 aliphatic rings. The fourth-order valence-corrected chi connectivity index (χ4v) is 3.27. The number of nitrogens with two attached hydrogens (primary N) is 1. The van der Waals surface area contributed by atoms with Gasteiger partial charge in [0.15, 0.2) is 0 Å². The molecule has 2 saturated heterocycles. The van der Waals surface area contributed by atoms with E-state index in [9.17, 15) is 0 Å². The van der Waals surface area contributed by atoms with Crippen LogP contribution in [0.25, 0.3) is 0 Å². The van der Waals surface area contributed by atoms with Crippen LogP contribution in [-0.4, -0.2) is 27.6 Å². The zero-order valence-electron chi connectivity index (χ0n) is 9.63. The van der Waals surface area contributed by atoms with Gasteiger partial charge in [-0.1, -0.05) is 0 Å². The predicted octanol–water partition coefficient (Wildman–Crippen LogP) is 1.33. The van der Waals surface area contributed by atoms with Crippen molar-refractivity contribution in [3.05, 3.63) is 18.5 Å². The van der Waals surface area contributed by atoms with Crippen LogP contribution in [0.3, 0.4) is 0 Å². The third-order valence-electron chi connectivity index (χ3n) is 3.81. The monoisotopic (exact) mass is 218 g/mol. The highest BCUT2D eigenvalue weighted by atomic mass is 15.3. The van der Waals surface area contributed by atoms with Gasteiger partial charge in [-0.3, -0.25) is 0 Å².